The number of carbonyl (C=O) groups excluding carboxylic acids is 3. The van der Waals surface area contributed by atoms with E-state index in [1.54, 1.807) is 44.2 Å². The van der Waals surface area contributed by atoms with Crippen molar-refractivity contribution >= 4 is 17.5 Å². The summed E-state index contributed by atoms with van der Waals surface area (Å²) in [5, 5.41) is 21.7. The van der Waals surface area contributed by atoms with Crippen LogP contribution >= 0.6 is 0 Å². The molecule has 0 bridgehead atoms. The Kier molecular flexibility index (Phi) is 4.88. The first kappa shape index (κ1) is 21.4. The molecule has 7 heteroatoms. The fourth-order valence-corrected chi connectivity index (χ4v) is 8.02. The van der Waals surface area contributed by atoms with E-state index in [2.05, 4.69) is 0 Å². The van der Waals surface area contributed by atoms with Crippen LogP contribution in [0, 0.1) is 28.6 Å². The smallest absolute Gasteiger partial charge is 0.339 e. The fourth-order valence-electron chi connectivity index (χ4n) is 8.02. The largest absolute Gasteiger partial charge is 0.446 e. The molecule has 5 rings (SSSR count). The first-order valence-corrected chi connectivity index (χ1v) is 12.5. The van der Waals surface area contributed by atoms with Crippen LogP contribution in [0.1, 0.15) is 60.9 Å². The zero-order chi connectivity index (χ0) is 28.7. The van der Waals surface area contributed by atoms with Gasteiger partial charge in [0.1, 0.15) is 6.61 Å². The summed E-state index contributed by atoms with van der Waals surface area (Å²) in [6.45, 7) is 3.89. The Morgan fingerprint density at radius 3 is 2.58 bits per heavy atom. The fraction of sp³-hybridized carbons (Fsp3) is 0.552. The number of carbonyl (C=O) groups is 3. The molecule has 3 saturated carbocycles. The maximum atomic E-state index is 17.7. The number of hydrogen-bond acceptors (Lipinski definition) is 6. The average Bonchev–Trinajstić information content (AvgIpc) is 3.13. The van der Waals surface area contributed by atoms with E-state index in [0.717, 1.165) is 0 Å². The Morgan fingerprint density at radius 1 is 1.22 bits per heavy atom. The van der Waals surface area contributed by atoms with Gasteiger partial charge in [0.15, 0.2) is 17.1 Å². The van der Waals surface area contributed by atoms with Crippen LogP contribution in [0.4, 0.5) is 4.39 Å². The van der Waals surface area contributed by atoms with Crippen molar-refractivity contribution in [3.8, 4) is 0 Å². The quantitative estimate of drug-likeness (QED) is 0.608. The number of halogens is 1. The second-order valence-electron chi connectivity index (χ2n) is 11.2. The van der Waals surface area contributed by atoms with E-state index in [-0.39, 0.29) is 36.8 Å². The number of hydrogen-bond donors (Lipinski definition) is 2. The van der Waals surface area contributed by atoms with E-state index in [4.69, 9.17) is 8.85 Å². The number of allylic oxidation sites excluding steroid dienone is 4. The summed E-state index contributed by atoms with van der Waals surface area (Å²) in [6, 6.07) is 6.29. The Balaban J connectivity index is 1.65. The van der Waals surface area contributed by atoms with Gasteiger partial charge in [0, 0.05) is 22.7 Å². The van der Waals surface area contributed by atoms with Crippen molar-refractivity contribution in [1.29, 1.82) is 0 Å². The molecule has 0 aromatic heterocycles. The molecule has 0 aliphatic heterocycles. The number of fused-ring (bicyclic) bond motifs is 5. The van der Waals surface area contributed by atoms with Crippen LogP contribution in [0.25, 0.3) is 0 Å². The van der Waals surface area contributed by atoms with Gasteiger partial charge in [-0.15, -0.1) is 0 Å². The first-order valence-electron chi connectivity index (χ1n) is 14.0. The average molecular weight is 503 g/mol. The summed E-state index contributed by atoms with van der Waals surface area (Å²) in [5.41, 5.74) is -7.19. The Labute approximate surface area is 214 Å². The number of aliphatic hydroxyl groups excluding tert-OH is 2. The summed E-state index contributed by atoms with van der Waals surface area (Å²) in [7, 11) is 0. The Morgan fingerprint density at radius 2 is 1.92 bits per heavy atom. The summed E-state index contributed by atoms with van der Waals surface area (Å²) in [5.74, 6) is -4.58. The molecular formula is C29H33FO6. The van der Waals surface area contributed by atoms with Gasteiger partial charge in [0.05, 0.1) is 15.8 Å². The standard InChI is InChI=1S/C29H33FO6/c1-17-13-22-21-10-9-19-14-20(32)11-12-26(19,2)28(21,30)23(33)15-27(22,3)29(17,24(34)16-31)36-25(35)18-7-5-4-6-8-18/h4-8,11-12,14,17,21-23,31,33H,9-10,13,15-16H2,1-3H3/t17-,21-,22-,23-,26-,27-,28-,29-/m0/s1/i11T,12T,14T. The van der Waals surface area contributed by atoms with E-state index >= 15 is 4.39 Å². The summed E-state index contributed by atoms with van der Waals surface area (Å²) in [4.78, 5) is 39.3. The molecule has 0 unspecified atom stereocenters. The zero-order valence-corrected chi connectivity index (χ0v) is 20.6. The molecule has 2 N–H and O–H groups in total. The highest BCUT2D eigenvalue weighted by molar-refractivity contribution is 6.01. The highest BCUT2D eigenvalue weighted by Gasteiger charge is 2.77. The van der Waals surface area contributed by atoms with Gasteiger partial charge in [0.2, 0.25) is 5.78 Å². The third-order valence-corrected chi connectivity index (χ3v) is 9.68. The second kappa shape index (κ2) is 8.18. The molecular weight excluding hydrogens is 463 g/mol. The number of rotatable bonds is 4. The van der Waals surface area contributed by atoms with E-state index in [0.29, 0.717) is 0 Å². The molecule has 0 amide bonds. The molecule has 0 saturated heterocycles. The number of ketones is 2. The van der Waals surface area contributed by atoms with Gasteiger partial charge in [-0.25, -0.2) is 9.18 Å². The van der Waals surface area contributed by atoms with Crippen molar-refractivity contribution < 1.29 is 37.8 Å². The van der Waals surface area contributed by atoms with Crippen LogP contribution in [-0.2, 0) is 14.3 Å². The summed E-state index contributed by atoms with van der Waals surface area (Å²) < 4.78 is 48.9. The number of benzene rings is 1. The minimum absolute atomic E-state index is 0.106. The van der Waals surface area contributed by atoms with E-state index < -0.39 is 88.3 Å². The van der Waals surface area contributed by atoms with Crippen LogP contribution in [-0.4, -0.2) is 51.7 Å². The molecule has 1 aromatic carbocycles. The molecule has 8 atom stereocenters. The highest BCUT2D eigenvalue weighted by Crippen LogP contribution is 2.71. The van der Waals surface area contributed by atoms with Crippen LogP contribution in [0.2, 0.25) is 0 Å². The van der Waals surface area contributed by atoms with Crippen LogP contribution in [0.5, 0.6) is 0 Å². The number of Topliss-reactive ketones (excluding diaryl/α,β-unsaturated/α-hetero) is 1. The summed E-state index contributed by atoms with van der Waals surface area (Å²) in [6.07, 6.45) is -1.60. The molecule has 6 nitrogen and oxygen atoms in total. The van der Waals surface area contributed by atoms with Gasteiger partial charge in [-0.3, -0.25) is 9.59 Å². The van der Waals surface area contributed by atoms with Crippen molar-refractivity contribution in [2.24, 2.45) is 28.6 Å². The molecule has 192 valence electrons. The van der Waals surface area contributed by atoms with Gasteiger partial charge in [-0.1, -0.05) is 43.7 Å². The third-order valence-electron chi connectivity index (χ3n) is 9.68. The van der Waals surface area contributed by atoms with Crippen molar-refractivity contribution in [2.45, 2.75) is 63.8 Å². The topological polar surface area (TPSA) is 101 Å². The maximum Gasteiger partial charge on any atom is 0.339 e. The molecule has 0 heterocycles. The van der Waals surface area contributed by atoms with Crippen LogP contribution in [0.15, 0.2) is 54.1 Å². The van der Waals surface area contributed by atoms with Crippen LogP contribution in [0.3, 0.4) is 0 Å². The maximum absolute atomic E-state index is 17.7. The normalized spacial score (nSPS) is 45.2. The second-order valence-corrected chi connectivity index (χ2v) is 11.2. The highest BCUT2D eigenvalue weighted by atomic mass is 19.1. The molecule has 4 aliphatic carbocycles. The third kappa shape index (κ3) is 2.99. The van der Waals surface area contributed by atoms with Crippen molar-refractivity contribution in [1.82, 2.24) is 0 Å². The van der Waals surface area contributed by atoms with E-state index in [1.807, 2.05) is 0 Å². The zero-order valence-electron chi connectivity index (χ0n) is 23.6. The Bertz CT molecular complexity index is 1330. The summed E-state index contributed by atoms with van der Waals surface area (Å²) >= 11 is 0. The van der Waals surface area contributed by atoms with E-state index in [9.17, 15) is 24.6 Å². The number of aliphatic hydroxyl groups is 2. The minimum Gasteiger partial charge on any atom is -0.446 e. The first-order chi connectivity index (χ1) is 18.2. The number of alkyl halides is 1. The Hall–Kier alpha value is -2.64. The molecule has 0 spiro atoms. The lowest BCUT2D eigenvalue weighted by Crippen LogP contribution is -2.70. The van der Waals surface area contributed by atoms with Crippen molar-refractivity contribution in [3.05, 3.63) is 59.6 Å². The SMILES string of the molecule is [3H]C1=C([3H])[C@@]2(C)C(=C([3H])C1=O)CC[C@H]1[C@@H]3C[C@H](C)[C@](OC(=O)c4ccccc4)(C(=O)CO)[C@@]3(C)C[C@H](O)[C@@]12F. The van der Waals surface area contributed by atoms with Crippen molar-refractivity contribution in [2.75, 3.05) is 6.61 Å². The van der Waals surface area contributed by atoms with E-state index in [1.165, 1.54) is 6.92 Å². The molecule has 36 heavy (non-hydrogen) atoms. The predicted molar refractivity (Wildman–Crippen MR) is 130 cm³/mol. The van der Waals surface area contributed by atoms with Gasteiger partial charge in [-0.2, -0.15) is 0 Å². The van der Waals surface area contributed by atoms with Gasteiger partial charge in [-0.05, 0) is 62.8 Å². The minimum atomic E-state index is -2.51. The molecule has 4 aliphatic rings. The predicted octanol–water partition coefficient (Wildman–Crippen LogP) is 3.76. The van der Waals surface area contributed by atoms with Crippen LogP contribution < -0.4 is 0 Å². The van der Waals surface area contributed by atoms with Gasteiger partial charge < -0.3 is 14.9 Å². The lowest BCUT2D eigenvalue weighted by molar-refractivity contribution is -0.219. The molecule has 3 fully saturated rings. The number of ether oxygens (including phenoxy) is 1. The number of esters is 1. The molecule has 0 radical (unpaired) electrons. The molecule has 1 aromatic rings. The monoisotopic (exact) mass is 502 g/mol. The van der Waals surface area contributed by atoms with Crippen molar-refractivity contribution in [3.63, 3.8) is 0 Å². The lowest BCUT2D eigenvalue weighted by atomic mass is 9.44. The lowest BCUT2D eigenvalue weighted by Gasteiger charge is -2.62. The van der Waals surface area contributed by atoms with Gasteiger partial charge in [0.25, 0.3) is 0 Å². The van der Waals surface area contributed by atoms with Gasteiger partial charge >= 0.3 is 5.97 Å².